The summed E-state index contributed by atoms with van der Waals surface area (Å²) >= 11 is 5.87. The number of amides is 1. The number of carbonyl (C=O) groups excluding carboxylic acids is 1. The van der Waals surface area contributed by atoms with Gasteiger partial charge in [0.15, 0.2) is 9.84 Å². The molecule has 1 aromatic rings. The quantitative estimate of drug-likeness (QED) is 0.827. The Bertz CT molecular complexity index is 585. The minimum Gasteiger partial charge on any atom is -0.399 e. The van der Waals surface area contributed by atoms with Gasteiger partial charge in [0.05, 0.1) is 9.92 Å². The van der Waals surface area contributed by atoms with Gasteiger partial charge in [0.2, 0.25) is 5.91 Å². The molecule has 7 heteroatoms. The minimum atomic E-state index is -3.86. The van der Waals surface area contributed by atoms with E-state index in [2.05, 4.69) is 5.32 Å². The Morgan fingerprint density at radius 2 is 1.89 bits per heavy atom. The van der Waals surface area contributed by atoms with Gasteiger partial charge in [-0.05, 0) is 39.0 Å². The summed E-state index contributed by atoms with van der Waals surface area (Å²) in [5.74, 6) is -0.562. The Labute approximate surface area is 118 Å². The van der Waals surface area contributed by atoms with E-state index >= 15 is 0 Å². The average molecular weight is 305 g/mol. The molecule has 5 nitrogen and oxygen atoms in total. The van der Waals surface area contributed by atoms with Crippen LogP contribution >= 0.6 is 11.6 Å². The second-order valence-electron chi connectivity index (χ2n) is 4.54. The van der Waals surface area contributed by atoms with Crippen molar-refractivity contribution in [2.75, 3.05) is 5.73 Å². The SMILES string of the molecule is CC(C)NC(=O)C(C)S(=O)(=O)c1cc(N)ccc1Cl. The van der Waals surface area contributed by atoms with Gasteiger partial charge in [0.1, 0.15) is 5.25 Å². The van der Waals surface area contributed by atoms with Crippen LogP contribution in [-0.4, -0.2) is 25.6 Å². The Morgan fingerprint density at radius 1 is 1.32 bits per heavy atom. The van der Waals surface area contributed by atoms with Gasteiger partial charge < -0.3 is 11.1 Å². The van der Waals surface area contributed by atoms with Crippen LogP contribution in [-0.2, 0) is 14.6 Å². The van der Waals surface area contributed by atoms with E-state index in [1.807, 2.05) is 0 Å². The summed E-state index contributed by atoms with van der Waals surface area (Å²) in [6, 6.07) is 4.02. The molecule has 106 valence electrons. The number of rotatable bonds is 4. The highest BCUT2D eigenvalue weighted by Crippen LogP contribution is 2.27. The molecular formula is C12H17ClN2O3S. The van der Waals surface area contributed by atoms with Crippen molar-refractivity contribution in [3.63, 3.8) is 0 Å². The van der Waals surface area contributed by atoms with Gasteiger partial charge in [0.25, 0.3) is 0 Å². The largest absolute Gasteiger partial charge is 0.399 e. The maximum absolute atomic E-state index is 12.3. The molecule has 0 aliphatic heterocycles. The molecule has 0 aromatic heterocycles. The van der Waals surface area contributed by atoms with Crippen molar-refractivity contribution in [1.29, 1.82) is 0 Å². The van der Waals surface area contributed by atoms with Gasteiger partial charge in [-0.2, -0.15) is 0 Å². The van der Waals surface area contributed by atoms with E-state index in [-0.39, 0.29) is 21.6 Å². The summed E-state index contributed by atoms with van der Waals surface area (Å²) in [4.78, 5) is 11.7. The van der Waals surface area contributed by atoms with Crippen LogP contribution < -0.4 is 11.1 Å². The number of nitrogens with one attached hydrogen (secondary N) is 1. The van der Waals surface area contributed by atoms with Gasteiger partial charge in [-0.1, -0.05) is 11.6 Å². The first-order valence-electron chi connectivity index (χ1n) is 5.75. The molecule has 0 fully saturated rings. The van der Waals surface area contributed by atoms with Gasteiger partial charge in [0, 0.05) is 11.7 Å². The first kappa shape index (κ1) is 15.8. The topological polar surface area (TPSA) is 89.3 Å². The minimum absolute atomic E-state index is 0.0541. The maximum Gasteiger partial charge on any atom is 0.238 e. The number of sulfone groups is 1. The molecule has 0 spiro atoms. The zero-order valence-electron chi connectivity index (χ0n) is 11.0. The third kappa shape index (κ3) is 3.61. The van der Waals surface area contributed by atoms with Gasteiger partial charge in [-0.25, -0.2) is 8.42 Å². The van der Waals surface area contributed by atoms with Crippen LogP contribution in [0.5, 0.6) is 0 Å². The lowest BCUT2D eigenvalue weighted by molar-refractivity contribution is -0.120. The summed E-state index contributed by atoms with van der Waals surface area (Å²) in [5, 5.41) is 1.39. The number of nitrogen functional groups attached to an aromatic ring is 1. The molecule has 1 rings (SSSR count). The molecular weight excluding hydrogens is 288 g/mol. The highest BCUT2D eigenvalue weighted by atomic mass is 35.5. The molecule has 0 radical (unpaired) electrons. The second-order valence-corrected chi connectivity index (χ2v) is 7.18. The molecule has 1 unspecified atom stereocenters. The zero-order chi connectivity index (χ0) is 14.8. The Kier molecular flexibility index (Phi) is 4.81. The number of anilines is 1. The van der Waals surface area contributed by atoms with E-state index in [4.69, 9.17) is 17.3 Å². The van der Waals surface area contributed by atoms with E-state index < -0.39 is 21.0 Å². The lowest BCUT2D eigenvalue weighted by Gasteiger charge is -2.16. The van der Waals surface area contributed by atoms with Crippen molar-refractivity contribution in [3.05, 3.63) is 23.2 Å². The van der Waals surface area contributed by atoms with Crippen LogP contribution in [0.15, 0.2) is 23.1 Å². The summed E-state index contributed by atoms with van der Waals surface area (Å²) in [7, 11) is -3.86. The molecule has 3 N–H and O–H groups in total. The number of carbonyl (C=O) groups is 1. The van der Waals surface area contributed by atoms with E-state index in [0.717, 1.165) is 0 Å². The molecule has 19 heavy (non-hydrogen) atoms. The van der Waals surface area contributed by atoms with Crippen LogP contribution in [0.4, 0.5) is 5.69 Å². The summed E-state index contributed by atoms with van der Waals surface area (Å²) < 4.78 is 24.7. The maximum atomic E-state index is 12.3. The van der Waals surface area contributed by atoms with E-state index in [1.165, 1.54) is 25.1 Å². The molecule has 0 heterocycles. The number of benzene rings is 1. The molecule has 0 saturated carbocycles. The molecule has 0 saturated heterocycles. The number of hydrogen-bond acceptors (Lipinski definition) is 4. The standard InChI is InChI=1S/C12H17ClN2O3S/c1-7(2)15-12(16)8(3)19(17,18)11-6-9(14)4-5-10(11)13/h4-8H,14H2,1-3H3,(H,15,16). The smallest absolute Gasteiger partial charge is 0.238 e. The fourth-order valence-corrected chi connectivity index (χ4v) is 3.28. The summed E-state index contributed by atoms with van der Waals surface area (Å²) in [5.41, 5.74) is 5.83. The van der Waals surface area contributed by atoms with Crippen LogP contribution in [0.1, 0.15) is 20.8 Å². The predicted molar refractivity (Wildman–Crippen MR) is 75.8 cm³/mol. The predicted octanol–water partition coefficient (Wildman–Crippen LogP) is 1.61. The van der Waals surface area contributed by atoms with E-state index in [0.29, 0.717) is 0 Å². The van der Waals surface area contributed by atoms with Gasteiger partial charge in [-0.15, -0.1) is 0 Å². The monoisotopic (exact) mass is 304 g/mol. The second kappa shape index (κ2) is 5.79. The van der Waals surface area contributed by atoms with Crippen molar-refractivity contribution in [1.82, 2.24) is 5.32 Å². The Hall–Kier alpha value is -1.27. The molecule has 1 aromatic carbocycles. The third-order valence-electron chi connectivity index (χ3n) is 2.53. The molecule has 0 aliphatic rings. The lowest BCUT2D eigenvalue weighted by atomic mass is 10.3. The highest BCUT2D eigenvalue weighted by Gasteiger charge is 2.31. The summed E-state index contributed by atoms with van der Waals surface area (Å²) in [6.07, 6.45) is 0. The number of nitrogens with two attached hydrogens (primary N) is 1. The van der Waals surface area contributed by atoms with Crippen molar-refractivity contribution < 1.29 is 13.2 Å². The van der Waals surface area contributed by atoms with Crippen LogP contribution in [0, 0.1) is 0 Å². The van der Waals surface area contributed by atoms with Gasteiger partial charge >= 0.3 is 0 Å². The zero-order valence-corrected chi connectivity index (χ0v) is 12.5. The first-order valence-corrected chi connectivity index (χ1v) is 7.68. The van der Waals surface area contributed by atoms with E-state index in [9.17, 15) is 13.2 Å². The van der Waals surface area contributed by atoms with Crippen molar-refractivity contribution in [2.24, 2.45) is 0 Å². The Balaban J connectivity index is 3.17. The van der Waals surface area contributed by atoms with Crippen molar-refractivity contribution >= 4 is 33.0 Å². The first-order chi connectivity index (χ1) is 8.66. The Morgan fingerprint density at radius 3 is 2.42 bits per heavy atom. The molecule has 1 amide bonds. The van der Waals surface area contributed by atoms with Crippen LogP contribution in [0.25, 0.3) is 0 Å². The highest BCUT2D eigenvalue weighted by molar-refractivity contribution is 7.92. The van der Waals surface area contributed by atoms with Crippen molar-refractivity contribution in [2.45, 2.75) is 37.0 Å². The fraction of sp³-hybridized carbons (Fsp3) is 0.417. The lowest BCUT2D eigenvalue weighted by Crippen LogP contribution is -2.41. The summed E-state index contributed by atoms with van der Waals surface area (Å²) in [6.45, 7) is 4.84. The van der Waals surface area contributed by atoms with Crippen molar-refractivity contribution in [3.8, 4) is 0 Å². The third-order valence-corrected chi connectivity index (χ3v) is 5.06. The average Bonchev–Trinajstić information content (AvgIpc) is 2.30. The fourth-order valence-electron chi connectivity index (χ4n) is 1.47. The number of hydrogen-bond donors (Lipinski definition) is 2. The van der Waals surface area contributed by atoms with Crippen LogP contribution in [0.3, 0.4) is 0 Å². The van der Waals surface area contributed by atoms with Crippen LogP contribution in [0.2, 0.25) is 5.02 Å². The normalized spacial score (nSPS) is 13.3. The molecule has 0 aliphatic carbocycles. The van der Waals surface area contributed by atoms with Gasteiger partial charge in [-0.3, -0.25) is 4.79 Å². The molecule has 1 atom stereocenters. The molecule has 0 bridgehead atoms. The number of halogens is 1. The van der Waals surface area contributed by atoms with E-state index in [1.54, 1.807) is 13.8 Å².